The van der Waals surface area contributed by atoms with E-state index < -0.39 is 0 Å². The van der Waals surface area contributed by atoms with Crippen LogP contribution >= 0.6 is 11.3 Å². The van der Waals surface area contributed by atoms with E-state index in [1.165, 1.54) is 17.7 Å². The minimum atomic E-state index is 0.198. The van der Waals surface area contributed by atoms with Gasteiger partial charge in [0.2, 0.25) is 0 Å². The summed E-state index contributed by atoms with van der Waals surface area (Å²) in [6.07, 6.45) is 4.26. The third kappa shape index (κ3) is 2.80. The smallest absolute Gasteiger partial charge is 0.152 e. The van der Waals surface area contributed by atoms with Gasteiger partial charge in [-0.2, -0.15) is 0 Å². The van der Waals surface area contributed by atoms with Crippen molar-refractivity contribution in [3.05, 3.63) is 58.4 Å². The number of hydrogen-bond acceptors (Lipinski definition) is 3. The van der Waals surface area contributed by atoms with Gasteiger partial charge in [0.05, 0.1) is 23.5 Å². The first-order valence-electron chi connectivity index (χ1n) is 8.68. The monoisotopic (exact) mass is 339 g/mol. The third-order valence-corrected chi connectivity index (χ3v) is 6.18. The van der Waals surface area contributed by atoms with E-state index in [9.17, 15) is 5.11 Å². The molecular formula is C20H23N2OS+. The lowest BCUT2D eigenvalue weighted by Crippen LogP contribution is -3.13. The van der Waals surface area contributed by atoms with Crippen molar-refractivity contribution in [3.8, 4) is 5.75 Å². The SMILES string of the molecule is CC1CC[NH+]([C@H](c2cccs2)c2ccc3cccnc3c2O)CC1. The number of pyridine rings is 1. The molecule has 2 N–H and O–H groups in total. The van der Waals surface area contributed by atoms with Crippen LogP contribution in [-0.4, -0.2) is 23.2 Å². The summed E-state index contributed by atoms with van der Waals surface area (Å²) in [7, 11) is 0. The summed E-state index contributed by atoms with van der Waals surface area (Å²) in [5, 5.41) is 14.1. The average Bonchev–Trinajstić information content (AvgIpc) is 3.13. The summed E-state index contributed by atoms with van der Waals surface area (Å²) in [5.41, 5.74) is 1.72. The lowest BCUT2D eigenvalue weighted by atomic mass is 9.94. The van der Waals surface area contributed by atoms with E-state index in [-0.39, 0.29) is 6.04 Å². The van der Waals surface area contributed by atoms with Crippen molar-refractivity contribution < 1.29 is 10.0 Å². The quantitative estimate of drug-likeness (QED) is 0.767. The van der Waals surface area contributed by atoms with Crippen LogP contribution in [-0.2, 0) is 0 Å². The van der Waals surface area contributed by atoms with Crippen molar-refractivity contribution in [1.82, 2.24) is 4.98 Å². The fraction of sp³-hybridized carbons (Fsp3) is 0.350. The fourth-order valence-electron chi connectivity index (χ4n) is 3.83. The van der Waals surface area contributed by atoms with E-state index >= 15 is 0 Å². The zero-order valence-corrected chi connectivity index (χ0v) is 14.7. The number of phenolic OH excluding ortho intramolecular Hbond substituents is 1. The molecule has 3 heterocycles. The molecular weight excluding hydrogens is 316 g/mol. The van der Waals surface area contributed by atoms with Crippen LogP contribution in [0.4, 0.5) is 0 Å². The maximum Gasteiger partial charge on any atom is 0.152 e. The zero-order valence-electron chi connectivity index (χ0n) is 13.9. The number of likely N-dealkylation sites (tertiary alicyclic amines) is 1. The lowest BCUT2D eigenvalue weighted by Gasteiger charge is -2.33. The first-order chi connectivity index (χ1) is 11.7. The van der Waals surface area contributed by atoms with Crippen LogP contribution in [0, 0.1) is 5.92 Å². The van der Waals surface area contributed by atoms with Crippen molar-refractivity contribution >= 4 is 22.2 Å². The van der Waals surface area contributed by atoms with Gasteiger partial charge in [0, 0.05) is 11.6 Å². The van der Waals surface area contributed by atoms with Crippen LogP contribution in [0.3, 0.4) is 0 Å². The van der Waals surface area contributed by atoms with Gasteiger partial charge in [-0.05, 0) is 42.3 Å². The molecule has 3 nitrogen and oxygen atoms in total. The van der Waals surface area contributed by atoms with Gasteiger partial charge in [-0.3, -0.25) is 4.98 Å². The number of phenols is 1. The van der Waals surface area contributed by atoms with Gasteiger partial charge in [0.15, 0.2) is 11.8 Å². The summed E-state index contributed by atoms with van der Waals surface area (Å²) in [6.45, 7) is 4.65. The molecule has 24 heavy (non-hydrogen) atoms. The summed E-state index contributed by atoms with van der Waals surface area (Å²) >= 11 is 1.78. The molecule has 4 heteroatoms. The number of fused-ring (bicyclic) bond motifs is 1. The first kappa shape index (κ1) is 15.6. The van der Waals surface area contributed by atoms with Crippen LogP contribution in [0.5, 0.6) is 5.75 Å². The number of thiophene rings is 1. The number of aromatic hydroxyl groups is 1. The Bertz CT molecular complexity index is 823. The highest BCUT2D eigenvalue weighted by molar-refractivity contribution is 7.10. The fourth-order valence-corrected chi connectivity index (χ4v) is 4.73. The molecule has 0 amide bonds. The van der Waals surface area contributed by atoms with Gasteiger partial charge >= 0.3 is 0 Å². The molecule has 0 bridgehead atoms. The van der Waals surface area contributed by atoms with Gasteiger partial charge < -0.3 is 10.0 Å². The van der Waals surface area contributed by atoms with E-state index in [1.807, 2.05) is 12.1 Å². The highest BCUT2D eigenvalue weighted by Gasteiger charge is 2.32. The largest absolute Gasteiger partial charge is 0.505 e. The van der Waals surface area contributed by atoms with Crippen molar-refractivity contribution in [1.29, 1.82) is 0 Å². The number of benzene rings is 1. The van der Waals surface area contributed by atoms with Crippen LogP contribution < -0.4 is 4.90 Å². The van der Waals surface area contributed by atoms with E-state index in [1.54, 1.807) is 22.4 Å². The van der Waals surface area contributed by atoms with E-state index in [4.69, 9.17) is 0 Å². The lowest BCUT2D eigenvalue weighted by molar-refractivity contribution is -0.931. The maximum atomic E-state index is 10.9. The number of nitrogens with one attached hydrogen (secondary N) is 1. The van der Waals surface area contributed by atoms with Gasteiger partial charge in [-0.15, -0.1) is 11.3 Å². The molecule has 0 unspecified atom stereocenters. The molecule has 1 aliphatic rings. The summed E-state index contributed by atoms with van der Waals surface area (Å²) in [5.74, 6) is 1.15. The molecule has 1 fully saturated rings. The van der Waals surface area contributed by atoms with E-state index in [2.05, 4.69) is 41.6 Å². The Hall–Kier alpha value is -1.91. The average molecular weight is 339 g/mol. The zero-order chi connectivity index (χ0) is 16.5. The Labute approximate surface area is 146 Å². The van der Waals surface area contributed by atoms with Crippen molar-refractivity contribution in [2.75, 3.05) is 13.1 Å². The summed E-state index contributed by atoms with van der Waals surface area (Å²) in [4.78, 5) is 7.29. The highest BCUT2D eigenvalue weighted by Crippen LogP contribution is 2.34. The molecule has 4 rings (SSSR count). The maximum absolute atomic E-state index is 10.9. The van der Waals surface area contributed by atoms with E-state index in [0.29, 0.717) is 11.3 Å². The van der Waals surface area contributed by atoms with Crippen LogP contribution in [0.15, 0.2) is 48.0 Å². The van der Waals surface area contributed by atoms with Gasteiger partial charge in [0.25, 0.3) is 0 Å². The number of rotatable bonds is 3. The number of piperidine rings is 1. The second-order valence-electron chi connectivity index (χ2n) is 6.87. The number of quaternary nitrogens is 1. The number of hydrogen-bond donors (Lipinski definition) is 2. The van der Waals surface area contributed by atoms with Crippen LogP contribution in [0.2, 0.25) is 0 Å². The molecule has 1 aliphatic heterocycles. The molecule has 0 radical (unpaired) electrons. The molecule has 124 valence electrons. The van der Waals surface area contributed by atoms with Crippen molar-refractivity contribution in [2.45, 2.75) is 25.8 Å². The summed E-state index contributed by atoms with van der Waals surface area (Å²) < 4.78 is 0. The molecule has 1 atom stereocenters. The molecule has 0 aliphatic carbocycles. The molecule has 0 spiro atoms. The summed E-state index contributed by atoms with van der Waals surface area (Å²) in [6, 6.07) is 12.6. The molecule has 2 aromatic heterocycles. The molecule has 3 aromatic rings. The van der Waals surface area contributed by atoms with Gasteiger partial charge in [0.1, 0.15) is 5.52 Å². The predicted octanol–water partition coefficient (Wildman–Crippen LogP) is 3.41. The number of nitrogens with zero attached hydrogens (tertiary/aromatic N) is 1. The Morgan fingerprint density at radius 2 is 2.00 bits per heavy atom. The Morgan fingerprint density at radius 3 is 2.75 bits per heavy atom. The molecule has 1 aromatic carbocycles. The first-order valence-corrected chi connectivity index (χ1v) is 9.56. The second kappa shape index (κ2) is 6.54. The van der Waals surface area contributed by atoms with Crippen molar-refractivity contribution in [3.63, 3.8) is 0 Å². The van der Waals surface area contributed by atoms with Crippen LogP contribution in [0.1, 0.15) is 36.2 Å². The topological polar surface area (TPSA) is 37.6 Å². The molecule has 0 saturated carbocycles. The normalized spacial score (nSPS) is 22.5. The van der Waals surface area contributed by atoms with E-state index in [0.717, 1.165) is 30.0 Å². The standard InChI is InChI=1S/C20H22N2OS/c1-14-8-11-22(12-9-14)19(17-5-3-13-24-17)16-7-6-15-4-2-10-21-18(15)20(16)23/h2-7,10,13-14,19,23H,8-9,11-12H2,1H3/p+1/t19-/m0/s1. The Balaban J connectivity index is 1.80. The second-order valence-corrected chi connectivity index (χ2v) is 7.85. The minimum Gasteiger partial charge on any atom is -0.505 e. The van der Waals surface area contributed by atoms with Crippen LogP contribution in [0.25, 0.3) is 10.9 Å². The Kier molecular flexibility index (Phi) is 4.25. The number of aromatic nitrogens is 1. The predicted molar refractivity (Wildman–Crippen MR) is 98.7 cm³/mol. The van der Waals surface area contributed by atoms with Gasteiger partial charge in [-0.1, -0.05) is 25.1 Å². The van der Waals surface area contributed by atoms with Gasteiger partial charge in [-0.25, -0.2) is 0 Å². The molecule has 1 saturated heterocycles. The van der Waals surface area contributed by atoms with Crippen molar-refractivity contribution in [2.24, 2.45) is 5.92 Å². The minimum absolute atomic E-state index is 0.198. The highest BCUT2D eigenvalue weighted by atomic mass is 32.1. The Morgan fingerprint density at radius 1 is 1.17 bits per heavy atom. The third-order valence-electron chi connectivity index (χ3n) is 5.24.